The fourth-order valence-corrected chi connectivity index (χ4v) is 10.8. The Balaban J connectivity index is 0.708. The molecule has 2 aliphatic carbocycles. The van der Waals surface area contributed by atoms with Gasteiger partial charge < -0.3 is 50.7 Å². The first kappa shape index (κ1) is 47.7. The highest BCUT2D eigenvalue weighted by Gasteiger charge is 2.30. The molecule has 372 valence electrons. The number of hydrogen-bond donors (Lipinski definition) is 5. The number of aliphatic imine (C=N–C) groups is 2. The first-order valence-electron chi connectivity index (χ1n) is 23.7. The van der Waals surface area contributed by atoms with Gasteiger partial charge in [-0.05, 0) is 91.9 Å². The molecule has 0 atom stereocenters. The molecule has 6 aromatic rings. The zero-order valence-corrected chi connectivity index (χ0v) is 39.9. The molecule has 4 aromatic carbocycles. The van der Waals surface area contributed by atoms with Crippen molar-refractivity contribution in [3.8, 4) is 0 Å². The smallest absolute Gasteiger partial charge is 0.341 e. The van der Waals surface area contributed by atoms with E-state index < -0.39 is 38.4 Å². The van der Waals surface area contributed by atoms with Crippen molar-refractivity contribution in [2.24, 2.45) is 21.5 Å². The molecule has 21 heteroatoms. The minimum Gasteiger partial charge on any atom is -0.477 e. The van der Waals surface area contributed by atoms with E-state index in [9.17, 15) is 27.9 Å². The topological polar surface area (TPSA) is 253 Å². The second kappa shape index (κ2) is 19.0. The van der Waals surface area contributed by atoms with Gasteiger partial charge in [-0.15, -0.1) is 0 Å². The molecule has 2 aromatic heterocycles. The summed E-state index contributed by atoms with van der Waals surface area (Å²) in [7, 11) is -3.92. The van der Waals surface area contributed by atoms with Crippen molar-refractivity contribution in [2.75, 3.05) is 62.2 Å². The normalized spacial score (nSPS) is 17.0. The largest absolute Gasteiger partial charge is 0.477 e. The van der Waals surface area contributed by atoms with E-state index >= 15 is 8.78 Å². The Morgan fingerprint density at radius 3 is 1.81 bits per heavy atom. The summed E-state index contributed by atoms with van der Waals surface area (Å²) in [6.07, 6.45) is 7.18. The molecule has 2 saturated carbocycles. The lowest BCUT2D eigenvalue weighted by atomic mass is 10.1. The fraction of sp³-hybridized carbons (Fsp3) is 0.314. The molecule has 0 spiro atoms. The number of nitrogens with zero attached hydrogens (tertiary/aromatic N) is 8. The number of nitrogens with one attached hydrogen (secondary N) is 2. The molecule has 72 heavy (non-hydrogen) atoms. The van der Waals surface area contributed by atoms with Gasteiger partial charge in [0.15, 0.2) is 11.4 Å². The number of sulfone groups is 1. The van der Waals surface area contributed by atoms with Crippen molar-refractivity contribution in [3.05, 3.63) is 134 Å². The lowest BCUT2D eigenvalue weighted by molar-refractivity contribution is 0.0694. The predicted octanol–water partition coefficient (Wildman–Crippen LogP) is 5.63. The third-order valence-electron chi connectivity index (χ3n) is 13.8. The Labute approximate surface area is 412 Å². The number of carboxylic acids is 1. The summed E-state index contributed by atoms with van der Waals surface area (Å²) < 4.78 is 61.9. The van der Waals surface area contributed by atoms with Crippen molar-refractivity contribution in [2.45, 2.75) is 60.4 Å². The SMILES string of the molecule is N=C(CC(=N)N1CCN(c2cc3c(cc2F)c(=O)ccn3C2CC2)CC1)Cc1ccc(S(=O)(=O)c2ccc(N=C(N)N=C(N)N3CCN(c4cc5c(cc4F)c(=O)c(C(=O)O)cn5C4CC4)CC3)cc2)cc1. The number of pyridine rings is 2. The van der Waals surface area contributed by atoms with Crippen LogP contribution in [0.2, 0.25) is 0 Å². The molecule has 2 aliphatic heterocycles. The monoisotopic (exact) mass is 998 g/mol. The fourth-order valence-electron chi connectivity index (χ4n) is 9.59. The zero-order chi connectivity index (χ0) is 50.6. The van der Waals surface area contributed by atoms with Gasteiger partial charge in [0.25, 0.3) is 0 Å². The summed E-state index contributed by atoms with van der Waals surface area (Å²) in [6.45, 7) is 3.32. The number of carbonyl (C=O) groups is 1. The molecule has 4 fully saturated rings. The standard InChI is InChI=1S/C51H52F2N12O6S/c52-40-25-37-42(64(33-5-6-33)14-13-46(37)66)27-44(40)60-15-19-62(20-16-60)47(55)24-31(54)23-30-1-9-35(10-2-30)72(70,71)36-11-3-32(4-12-36)58-50(56)59-51(57)63-21-17-61(18-22-63)45-28-43-38(26-41(45)53)48(67)39(49(68)69)29-65(43)34-7-8-34/h1-4,9-14,25-29,33-34,54-55H,5-8,15-24H2,(H,68,69)(H4,56,57,58,59). The van der Waals surface area contributed by atoms with Crippen molar-refractivity contribution < 1.29 is 27.1 Å². The summed E-state index contributed by atoms with van der Waals surface area (Å²) in [5.74, 6) is -2.24. The molecular formula is C51H52F2N12O6S. The lowest BCUT2D eigenvalue weighted by Crippen LogP contribution is -2.51. The van der Waals surface area contributed by atoms with Gasteiger partial charge in [-0.1, -0.05) is 12.1 Å². The molecular weight excluding hydrogens is 947 g/mol. The molecule has 10 rings (SSSR count). The Morgan fingerprint density at radius 2 is 1.24 bits per heavy atom. The van der Waals surface area contributed by atoms with Gasteiger partial charge in [0, 0.05) is 112 Å². The Bertz CT molecular complexity index is 3480. The van der Waals surface area contributed by atoms with E-state index in [0.29, 0.717) is 92.0 Å². The van der Waals surface area contributed by atoms with E-state index in [0.717, 1.165) is 37.3 Å². The van der Waals surface area contributed by atoms with Crippen molar-refractivity contribution >= 4 is 78.1 Å². The summed E-state index contributed by atoms with van der Waals surface area (Å²) in [4.78, 5) is 53.2. The van der Waals surface area contributed by atoms with E-state index in [1.54, 1.807) is 39.9 Å². The van der Waals surface area contributed by atoms with Gasteiger partial charge in [-0.2, -0.15) is 4.99 Å². The molecule has 0 unspecified atom stereocenters. The van der Waals surface area contributed by atoms with Crippen molar-refractivity contribution in [1.29, 1.82) is 10.8 Å². The predicted molar refractivity (Wildman–Crippen MR) is 272 cm³/mol. The van der Waals surface area contributed by atoms with Gasteiger partial charge in [-0.3, -0.25) is 15.0 Å². The summed E-state index contributed by atoms with van der Waals surface area (Å²) in [5, 5.41) is 27.4. The van der Waals surface area contributed by atoms with Crippen LogP contribution in [0.15, 0.2) is 121 Å². The maximum atomic E-state index is 15.5. The van der Waals surface area contributed by atoms with E-state index in [-0.39, 0.29) is 62.9 Å². The van der Waals surface area contributed by atoms with E-state index in [1.807, 2.05) is 14.7 Å². The average molecular weight is 999 g/mol. The number of carboxylic acid groups (broad SMARTS) is 1. The highest BCUT2D eigenvalue weighted by Crippen LogP contribution is 2.39. The van der Waals surface area contributed by atoms with Crippen LogP contribution in [0.3, 0.4) is 0 Å². The maximum Gasteiger partial charge on any atom is 0.341 e. The number of benzene rings is 4. The van der Waals surface area contributed by atoms with E-state index in [4.69, 9.17) is 22.3 Å². The van der Waals surface area contributed by atoms with E-state index in [2.05, 4.69) is 14.6 Å². The number of aromatic carboxylic acids is 1. The quantitative estimate of drug-likeness (QED) is 0.0739. The first-order valence-corrected chi connectivity index (χ1v) is 25.2. The van der Waals surface area contributed by atoms with Crippen LogP contribution in [0.4, 0.5) is 25.8 Å². The number of amidine groups is 1. The van der Waals surface area contributed by atoms with Crippen LogP contribution < -0.4 is 32.1 Å². The summed E-state index contributed by atoms with van der Waals surface area (Å²) in [5.41, 5.74) is 14.4. The summed E-state index contributed by atoms with van der Waals surface area (Å²) >= 11 is 0. The van der Waals surface area contributed by atoms with Gasteiger partial charge in [-0.25, -0.2) is 27.0 Å². The molecule has 0 bridgehead atoms. The number of rotatable bonds is 12. The molecule has 4 aliphatic rings. The number of guanidine groups is 2. The Hall–Kier alpha value is -7.94. The Kier molecular flexibility index (Phi) is 12.6. The number of anilines is 2. The second-order valence-corrected chi connectivity index (χ2v) is 20.7. The third-order valence-corrected chi connectivity index (χ3v) is 15.6. The summed E-state index contributed by atoms with van der Waals surface area (Å²) in [6, 6.07) is 19.8. The average Bonchev–Trinajstić information content (AvgIpc) is 4.31. The van der Waals surface area contributed by atoms with Gasteiger partial charge in [0.1, 0.15) is 23.0 Å². The van der Waals surface area contributed by atoms with Gasteiger partial charge in [0.2, 0.25) is 21.2 Å². The number of aromatic nitrogens is 2. The minimum atomic E-state index is -3.92. The first-order chi connectivity index (χ1) is 34.5. The molecule has 7 N–H and O–H groups in total. The molecule has 4 heterocycles. The maximum absolute atomic E-state index is 15.5. The Morgan fingerprint density at radius 1 is 0.708 bits per heavy atom. The minimum absolute atomic E-state index is 0.0211. The number of piperazine rings is 2. The van der Waals surface area contributed by atoms with Crippen LogP contribution in [0.25, 0.3) is 21.8 Å². The molecule has 18 nitrogen and oxygen atoms in total. The van der Waals surface area contributed by atoms with Crippen LogP contribution >= 0.6 is 0 Å². The van der Waals surface area contributed by atoms with Crippen LogP contribution in [0.5, 0.6) is 0 Å². The van der Waals surface area contributed by atoms with Crippen molar-refractivity contribution in [1.82, 2.24) is 18.9 Å². The molecule has 0 amide bonds. The third kappa shape index (κ3) is 9.62. The number of nitrogens with two attached hydrogens (primary N) is 2. The van der Waals surface area contributed by atoms with Gasteiger partial charge >= 0.3 is 5.97 Å². The highest BCUT2D eigenvalue weighted by atomic mass is 32.2. The van der Waals surface area contributed by atoms with Crippen LogP contribution in [0, 0.1) is 22.5 Å². The van der Waals surface area contributed by atoms with Crippen LogP contribution in [0.1, 0.15) is 60.1 Å². The highest BCUT2D eigenvalue weighted by molar-refractivity contribution is 7.91. The van der Waals surface area contributed by atoms with E-state index in [1.165, 1.54) is 54.7 Å². The second-order valence-electron chi connectivity index (χ2n) is 18.7. The lowest BCUT2D eigenvalue weighted by Gasteiger charge is -2.37. The van der Waals surface area contributed by atoms with Crippen molar-refractivity contribution in [3.63, 3.8) is 0 Å². The molecule has 2 saturated heterocycles. The number of halogens is 2. The van der Waals surface area contributed by atoms with Crippen LogP contribution in [-0.4, -0.2) is 114 Å². The molecule has 0 radical (unpaired) electrons. The zero-order valence-electron chi connectivity index (χ0n) is 39.1. The van der Waals surface area contributed by atoms with Gasteiger partial charge in [0.05, 0.1) is 37.9 Å². The van der Waals surface area contributed by atoms with Crippen LogP contribution in [-0.2, 0) is 16.3 Å². The number of hydrogen-bond acceptors (Lipinski definition) is 10. The number of fused-ring (bicyclic) bond motifs is 2.